The van der Waals surface area contributed by atoms with Crippen molar-refractivity contribution in [3.63, 3.8) is 0 Å². The van der Waals surface area contributed by atoms with Crippen molar-refractivity contribution in [1.82, 2.24) is 0 Å². The average molecular weight is 260 g/mol. The summed E-state index contributed by atoms with van der Waals surface area (Å²) in [5.41, 5.74) is 2.30. The van der Waals surface area contributed by atoms with Crippen molar-refractivity contribution < 1.29 is 4.74 Å². The summed E-state index contributed by atoms with van der Waals surface area (Å²) in [5, 5.41) is 2.49. The molecule has 0 N–H and O–H groups in total. The smallest absolute Gasteiger partial charge is 0.119 e. The maximum absolute atomic E-state index is 5.87. The van der Waals surface area contributed by atoms with Crippen molar-refractivity contribution in [3.05, 3.63) is 84.4 Å². The van der Waals surface area contributed by atoms with E-state index in [2.05, 4.69) is 49.0 Å². The van der Waals surface area contributed by atoms with Crippen LogP contribution in [0.5, 0.6) is 5.75 Å². The lowest BCUT2D eigenvalue weighted by Gasteiger charge is -2.09. The molecule has 0 aliphatic carbocycles. The predicted octanol–water partition coefficient (Wildman–Crippen LogP) is 5.06. The zero-order valence-electron chi connectivity index (χ0n) is 11.3. The third-order valence-electron chi connectivity index (χ3n) is 3.39. The van der Waals surface area contributed by atoms with E-state index in [-0.39, 0.29) is 0 Å². The second-order valence-corrected chi connectivity index (χ2v) is 4.70. The third-order valence-corrected chi connectivity index (χ3v) is 3.39. The molecule has 98 valence electrons. The zero-order valence-corrected chi connectivity index (χ0v) is 11.3. The largest absolute Gasteiger partial charge is 0.489 e. The second kappa shape index (κ2) is 5.62. The Hall–Kier alpha value is -2.54. The number of hydrogen-bond acceptors (Lipinski definition) is 1. The number of fused-ring (bicyclic) bond motifs is 1. The van der Waals surface area contributed by atoms with Gasteiger partial charge in [0.1, 0.15) is 12.4 Å². The van der Waals surface area contributed by atoms with E-state index in [1.165, 1.54) is 16.3 Å². The van der Waals surface area contributed by atoms with Crippen LogP contribution in [-0.4, -0.2) is 0 Å². The summed E-state index contributed by atoms with van der Waals surface area (Å²) in [7, 11) is 0. The fraction of sp³-hybridized carbons (Fsp3) is 0.0526. The molecule has 0 unspecified atom stereocenters. The highest BCUT2D eigenvalue weighted by Gasteiger charge is 2.01. The number of benzene rings is 3. The van der Waals surface area contributed by atoms with Crippen LogP contribution in [0, 0.1) is 0 Å². The van der Waals surface area contributed by atoms with Gasteiger partial charge in [-0.1, -0.05) is 67.3 Å². The predicted molar refractivity (Wildman–Crippen MR) is 84.8 cm³/mol. The van der Waals surface area contributed by atoms with Crippen molar-refractivity contribution in [3.8, 4) is 5.75 Å². The van der Waals surface area contributed by atoms with Gasteiger partial charge in [-0.25, -0.2) is 0 Å². The van der Waals surface area contributed by atoms with Crippen LogP contribution in [0.2, 0.25) is 0 Å². The van der Waals surface area contributed by atoms with Gasteiger partial charge in [0, 0.05) is 0 Å². The fourth-order valence-corrected chi connectivity index (χ4v) is 2.28. The molecule has 0 aromatic heterocycles. The van der Waals surface area contributed by atoms with E-state index in [9.17, 15) is 0 Å². The highest BCUT2D eigenvalue weighted by molar-refractivity contribution is 5.85. The normalized spacial score (nSPS) is 10.4. The van der Waals surface area contributed by atoms with Crippen LogP contribution in [0.1, 0.15) is 11.1 Å². The van der Waals surface area contributed by atoms with Crippen molar-refractivity contribution in [1.29, 1.82) is 0 Å². The molecule has 0 amide bonds. The van der Waals surface area contributed by atoms with Gasteiger partial charge in [-0.05, 0) is 34.0 Å². The summed E-state index contributed by atoms with van der Waals surface area (Å²) in [6.45, 7) is 4.33. The molecule has 1 nitrogen and oxygen atoms in total. The Bertz CT molecular complexity index is 721. The summed E-state index contributed by atoms with van der Waals surface area (Å²) < 4.78 is 5.87. The number of rotatable bonds is 4. The topological polar surface area (TPSA) is 9.23 Å². The first-order valence-electron chi connectivity index (χ1n) is 6.69. The molecule has 0 saturated carbocycles. The van der Waals surface area contributed by atoms with Crippen LogP contribution in [0.15, 0.2) is 73.3 Å². The SMILES string of the molecule is C=Cc1ccc(OCc2cccc3ccccc23)cc1. The molecular weight excluding hydrogens is 244 g/mol. The Kier molecular flexibility index (Phi) is 3.51. The van der Waals surface area contributed by atoms with Crippen LogP contribution >= 0.6 is 0 Å². The van der Waals surface area contributed by atoms with Crippen molar-refractivity contribution in [2.75, 3.05) is 0 Å². The first kappa shape index (κ1) is 12.5. The molecule has 3 aromatic rings. The molecule has 1 heteroatoms. The van der Waals surface area contributed by atoms with Crippen molar-refractivity contribution in [2.24, 2.45) is 0 Å². The lowest BCUT2D eigenvalue weighted by molar-refractivity contribution is 0.307. The molecule has 20 heavy (non-hydrogen) atoms. The van der Waals surface area contributed by atoms with Crippen LogP contribution in [0.3, 0.4) is 0 Å². The first-order chi connectivity index (χ1) is 9.86. The van der Waals surface area contributed by atoms with Gasteiger partial charge in [0.05, 0.1) is 0 Å². The van der Waals surface area contributed by atoms with Gasteiger partial charge < -0.3 is 4.74 Å². The first-order valence-corrected chi connectivity index (χ1v) is 6.69. The van der Waals surface area contributed by atoms with Crippen molar-refractivity contribution >= 4 is 16.8 Å². The molecule has 0 atom stereocenters. The van der Waals surface area contributed by atoms with E-state index in [0.29, 0.717) is 6.61 Å². The maximum atomic E-state index is 5.87. The van der Waals surface area contributed by atoms with Gasteiger partial charge in [0.2, 0.25) is 0 Å². The van der Waals surface area contributed by atoms with Crippen LogP contribution < -0.4 is 4.74 Å². The lowest BCUT2D eigenvalue weighted by Crippen LogP contribution is -1.96. The molecule has 0 bridgehead atoms. The van der Waals surface area contributed by atoms with Gasteiger partial charge in [0.25, 0.3) is 0 Å². The molecule has 3 rings (SSSR count). The minimum absolute atomic E-state index is 0.578. The molecule has 0 heterocycles. The van der Waals surface area contributed by atoms with E-state index in [0.717, 1.165) is 11.3 Å². The van der Waals surface area contributed by atoms with Gasteiger partial charge in [-0.15, -0.1) is 0 Å². The molecule has 0 radical (unpaired) electrons. The quantitative estimate of drug-likeness (QED) is 0.637. The third kappa shape index (κ3) is 2.57. The number of ether oxygens (including phenoxy) is 1. The highest BCUT2D eigenvalue weighted by atomic mass is 16.5. The zero-order chi connectivity index (χ0) is 13.8. The molecule has 0 saturated heterocycles. The maximum Gasteiger partial charge on any atom is 0.119 e. The molecule has 0 spiro atoms. The highest BCUT2D eigenvalue weighted by Crippen LogP contribution is 2.21. The summed E-state index contributed by atoms with van der Waals surface area (Å²) >= 11 is 0. The van der Waals surface area contributed by atoms with Gasteiger partial charge in [-0.2, -0.15) is 0 Å². The van der Waals surface area contributed by atoms with E-state index < -0.39 is 0 Å². The van der Waals surface area contributed by atoms with Crippen molar-refractivity contribution in [2.45, 2.75) is 6.61 Å². The Morgan fingerprint density at radius 2 is 1.60 bits per heavy atom. The molecule has 0 fully saturated rings. The summed E-state index contributed by atoms with van der Waals surface area (Å²) in [6.07, 6.45) is 1.83. The minimum Gasteiger partial charge on any atom is -0.489 e. The molecule has 0 aliphatic heterocycles. The van der Waals surface area contributed by atoms with Crippen LogP contribution in [-0.2, 0) is 6.61 Å². The van der Waals surface area contributed by atoms with E-state index in [4.69, 9.17) is 4.74 Å². The molecular formula is C19H16O. The Balaban J connectivity index is 1.81. The summed E-state index contributed by atoms with van der Waals surface area (Å²) in [6, 6.07) is 22.6. The lowest BCUT2D eigenvalue weighted by atomic mass is 10.1. The van der Waals surface area contributed by atoms with Gasteiger partial charge >= 0.3 is 0 Å². The van der Waals surface area contributed by atoms with Crippen LogP contribution in [0.4, 0.5) is 0 Å². The van der Waals surface area contributed by atoms with Gasteiger partial charge in [0.15, 0.2) is 0 Å². The summed E-state index contributed by atoms with van der Waals surface area (Å²) in [4.78, 5) is 0. The molecule has 3 aromatic carbocycles. The Morgan fingerprint density at radius 1 is 0.850 bits per heavy atom. The minimum atomic E-state index is 0.578. The van der Waals surface area contributed by atoms with Crippen LogP contribution in [0.25, 0.3) is 16.8 Å². The average Bonchev–Trinajstić information content (AvgIpc) is 2.53. The second-order valence-electron chi connectivity index (χ2n) is 4.70. The van der Waals surface area contributed by atoms with E-state index >= 15 is 0 Å². The van der Waals surface area contributed by atoms with E-state index in [1.54, 1.807) is 0 Å². The summed E-state index contributed by atoms with van der Waals surface area (Å²) in [5.74, 6) is 0.878. The fourth-order valence-electron chi connectivity index (χ4n) is 2.28. The Morgan fingerprint density at radius 3 is 2.40 bits per heavy atom. The van der Waals surface area contributed by atoms with Gasteiger partial charge in [-0.3, -0.25) is 0 Å². The number of hydrogen-bond donors (Lipinski definition) is 0. The van der Waals surface area contributed by atoms with E-state index in [1.807, 2.05) is 30.3 Å². The Labute approximate surface area is 119 Å². The molecule has 0 aliphatic rings. The monoisotopic (exact) mass is 260 g/mol. The standard InChI is InChI=1S/C19H16O/c1-2-15-10-12-18(13-11-15)20-14-17-8-5-7-16-6-3-4-9-19(16)17/h2-13H,1,14H2.